The first-order valence-electron chi connectivity index (χ1n) is 6.23. The summed E-state index contributed by atoms with van der Waals surface area (Å²) < 4.78 is 5.32. The van der Waals surface area contributed by atoms with Crippen LogP contribution in [0.5, 0.6) is 11.8 Å². The van der Waals surface area contributed by atoms with E-state index in [0.29, 0.717) is 19.1 Å². The summed E-state index contributed by atoms with van der Waals surface area (Å²) in [7, 11) is 0. The molecule has 0 aliphatic carbocycles. The van der Waals surface area contributed by atoms with E-state index < -0.39 is 0 Å². The molecular weight excluding hydrogens is 280 g/mol. The molecule has 0 spiro atoms. The average molecular weight is 295 g/mol. The molecule has 6 nitrogen and oxygen atoms in total. The second kappa shape index (κ2) is 6.91. The molecule has 0 amide bonds. The Morgan fingerprint density at radius 3 is 2.65 bits per heavy atom. The maximum absolute atomic E-state index is 9.21. The molecular formula is C13H15ClN4O2. The minimum Gasteiger partial charge on any atom is -0.508 e. The summed E-state index contributed by atoms with van der Waals surface area (Å²) in [4.78, 5) is 12.0. The molecule has 2 aromatic rings. The van der Waals surface area contributed by atoms with Crippen molar-refractivity contribution in [3.05, 3.63) is 35.1 Å². The Balaban J connectivity index is 2.01. The van der Waals surface area contributed by atoms with Gasteiger partial charge in [-0.3, -0.25) is 0 Å². The monoisotopic (exact) mass is 294 g/mol. The van der Waals surface area contributed by atoms with Crippen molar-refractivity contribution in [1.29, 1.82) is 0 Å². The lowest BCUT2D eigenvalue weighted by atomic mass is 10.2. The number of halogens is 1. The first-order chi connectivity index (χ1) is 9.67. The van der Waals surface area contributed by atoms with Crippen LogP contribution in [0.1, 0.15) is 18.9 Å². The Labute approximate surface area is 121 Å². The average Bonchev–Trinajstić information content (AvgIpc) is 2.44. The van der Waals surface area contributed by atoms with Gasteiger partial charge in [0, 0.05) is 6.54 Å². The minimum absolute atomic E-state index is 0.0827. The third kappa shape index (κ3) is 4.24. The maximum Gasteiger partial charge on any atom is 0.322 e. The van der Waals surface area contributed by atoms with Crippen LogP contribution in [0.2, 0.25) is 5.28 Å². The molecule has 7 heteroatoms. The van der Waals surface area contributed by atoms with Gasteiger partial charge in [0.05, 0.1) is 6.61 Å². The van der Waals surface area contributed by atoms with E-state index in [1.54, 1.807) is 24.3 Å². The number of hydrogen-bond acceptors (Lipinski definition) is 6. The SMILES string of the molecule is CCCOc1nc(Cl)nc(NCc2ccc(O)cc2)n1. The van der Waals surface area contributed by atoms with Gasteiger partial charge >= 0.3 is 6.01 Å². The molecule has 106 valence electrons. The number of phenols is 1. The molecule has 1 aromatic heterocycles. The molecule has 0 bridgehead atoms. The molecule has 0 saturated carbocycles. The van der Waals surface area contributed by atoms with Crippen LogP contribution in [0.25, 0.3) is 0 Å². The van der Waals surface area contributed by atoms with Crippen molar-refractivity contribution in [2.75, 3.05) is 11.9 Å². The summed E-state index contributed by atoms with van der Waals surface area (Å²) in [5.74, 6) is 0.580. The van der Waals surface area contributed by atoms with E-state index in [1.807, 2.05) is 6.92 Å². The molecule has 0 aliphatic rings. The first-order valence-corrected chi connectivity index (χ1v) is 6.61. The van der Waals surface area contributed by atoms with Gasteiger partial charge in [0.15, 0.2) is 0 Å². The fourth-order valence-electron chi connectivity index (χ4n) is 1.46. The summed E-state index contributed by atoms with van der Waals surface area (Å²) in [5, 5.41) is 12.3. The van der Waals surface area contributed by atoms with E-state index in [0.717, 1.165) is 12.0 Å². The zero-order valence-corrected chi connectivity index (χ0v) is 11.8. The van der Waals surface area contributed by atoms with E-state index in [4.69, 9.17) is 16.3 Å². The number of benzene rings is 1. The Kier molecular flexibility index (Phi) is 4.95. The largest absolute Gasteiger partial charge is 0.508 e. The third-order valence-corrected chi connectivity index (χ3v) is 2.58. The van der Waals surface area contributed by atoms with Gasteiger partial charge in [-0.1, -0.05) is 19.1 Å². The highest BCUT2D eigenvalue weighted by molar-refractivity contribution is 6.28. The van der Waals surface area contributed by atoms with Gasteiger partial charge in [0.2, 0.25) is 11.2 Å². The molecule has 1 heterocycles. The van der Waals surface area contributed by atoms with Crippen molar-refractivity contribution in [2.45, 2.75) is 19.9 Å². The lowest BCUT2D eigenvalue weighted by Gasteiger charge is -2.07. The number of hydrogen-bond donors (Lipinski definition) is 2. The maximum atomic E-state index is 9.21. The molecule has 2 rings (SSSR count). The normalized spacial score (nSPS) is 10.3. The number of nitrogens with one attached hydrogen (secondary N) is 1. The standard InChI is InChI=1S/C13H15ClN4O2/c1-2-7-20-13-17-11(14)16-12(18-13)15-8-9-3-5-10(19)6-4-9/h3-6,19H,2,7-8H2,1H3,(H,15,16,17,18). The van der Waals surface area contributed by atoms with Gasteiger partial charge in [-0.05, 0) is 35.7 Å². The fourth-order valence-corrected chi connectivity index (χ4v) is 1.62. The van der Waals surface area contributed by atoms with Crippen LogP contribution in [0.4, 0.5) is 5.95 Å². The van der Waals surface area contributed by atoms with Gasteiger partial charge in [0.1, 0.15) is 5.75 Å². The highest BCUT2D eigenvalue weighted by Crippen LogP contribution is 2.14. The molecule has 20 heavy (non-hydrogen) atoms. The number of nitrogens with zero attached hydrogens (tertiary/aromatic N) is 3. The molecule has 0 saturated heterocycles. The van der Waals surface area contributed by atoms with E-state index in [-0.39, 0.29) is 17.0 Å². The van der Waals surface area contributed by atoms with Crippen LogP contribution in [0.3, 0.4) is 0 Å². The summed E-state index contributed by atoms with van der Waals surface area (Å²) in [6.07, 6.45) is 0.861. The second-order valence-electron chi connectivity index (χ2n) is 4.08. The van der Waals surface area contributed by atoms with Crippen LogP contribution < -0.4 is 10.1 Å². The first kappa shape index (κ1) is 14.3. The van der Waals surface area contributed by atoms with E-state index >= 15 is 0 Å². The van der Waals surface area contributed by atoms with Crippen molar-refractivity contribution >= 4 is 17.5 Å². The Bertz CT molecular complexity index is 563. The van der Waals surface area contributed by atoms with Gasteiger partial charge in [-0.2, -0.15) is 15.0 Å². The molecule has 0 fully saturated rings. The second-order valence-corrected chi connectivity index (χ2v) is 4.42. The van der Waals surface area contributed by atoms with Gasteiger partial charge < -0.3 is 15.2 Å². The molecule has 0 aliphatic heterocycles. The smallest absolute Gasteiger partial charge is 0.322 e. The number of aromatic hydroxyl groups is 1. The summed E-state index contributed by atoms with van der Waals surface area (Å²) >= 11 is 5.82. The van der Waals surface area contributed by atoms with Crippen LogP contribution in [-0.4, -0.2) is 26.7 Å². The zero-order valence-electron chi connectivity index (χ0n) is 11.0. The highest BCUT2D eigenvalue weighted by Gasteiger charge is 2.05. The van der Waals surface area contributed by atoms with Crippen molar-refractivity contribution < 1.29 is 9.84 Å². The van der Waals surface area contributed by atoms with Crippen molar-refractivity contribution in [2.24, 2.45) is 0 Å². The van der Waals surface area contributed by atoms with Gasteiger partial charge in [0.25, 0.3) is 0 Å². The van der Waals surface area contributed by atoms with Crippen LogP contribution >= 0.6 is 11.6 Å². The molecule has 2 N–H and O–H groups in total. The number of anilines is 1. The zero-order chi connectivity index (χ0) is 14.4. The topological polar surface area (TPSA) is 80.2 Å². The molecule has 0 unspecified atom stereocenters. The Morgan fingerprint density at radius 1 is 1.20 bits per heavy atom. The predicted molar refractivity (Wildman–Crippen MR) is 76.1 cm³/mol. The van der Waals surface area contributed by atoms with Crippen molar-refractivity contribution in [3.8, 4) is 11.8 Å². The minimum atomic E-state index is 0.0827. The lowest BCUT2D eigenvalue weighted by Crippen LogP contribution is -2.07. The van der Waals surface area contributed by atoms with Gasteiger partial charge in [-0.15, -0.1) is 0 Å². The molecule has 0 atom stereocenters. The Morgan fingerprint density at radius 2 is 1.95 bits per heavy atom. The number of ether oxygens (including phenoxy) is 1. The number of phenolic OH excluding ortho intramolecular Hbond substituents is 1. The molecule has 1 aromatic carbocycles. The number of rotatable bonds is 6. The van der Waals surface area contributed by atoms with E-state index in [9.17, 15) is 5.11 Å². The lowest BCUT2D eigenvalue weighted by molar-refractivity contribution is 0.291. The summed E-state index contributed by atoms with van der Waals surface area (Å²) in [6, 6.07) is 7.06. The molecule has 0 radical (unpaired) electrons. The van der Waals surface area contributed by atoms with Crippen molar-refractivity contribution in [1.82, 2.24) is 15.0 Å². The van der Waals surface area contributed by atoms with Crippen molar-refractivity contribution in [3.63, 3.8) is 0 Å². The third-order valence-electron chi connectivity index (χ3n) is 2.41. The van der Waals surface area contributed by atoms with Gasteiger partial charge in [-0.25, -0.2) is 0 Å². The Hall–Kier alpha value is -2.08. The van der Waals surface area contributed by atoms with Crippen LogP contribution in [0, 0.1) is 0 Å². The quantitative estimate of drug-likeness (QED) is 0.852. The summed E-state index contributed by atoms with van der Waals surface area (Å²) in [5.41, 5.74) is 0.982. The van der Waals surface area contributed by atoms with Crippen LogP contribution in [0.15, 0.2) is 24.3 Å². The fraction of sp³-hybridized carbons (Fsp3) is 0.308. The number of aromatic nitrogens is 3. The predicted octanol–water partition coefficient (Wildman–Crippen LogP) is 2.63. The highest BCUT2D eigenvalue weighted by atomic mass is 35.5. The summed E-state index contributed by atoms with van der Waals surface area (Å²) in [6.45, 7) is 3.03. The van der Waals surface area contributed by atoms with Crippen LogP contribution in [-0.2, 0) is 6.54 Å². The van der Waals surface area contributed by atoms with E-state index in [1.165, 1.54) is 0 Å². The van der Waals surface area contributed by atoms with E-state index in [2.05, 4.69) is 20.3 Å².